The molecule has 1 fully saturated rings. The summed E-state index contributed by atoms with van der Waals surface area (Å²) >= 11 is 0. The van der Waals surface area contributed by atoms with Gasteiger partial charge in [-0.1, -0.05) is 67.7 Å². The summed E-state index contributed by atoms with van der Waals surface area (Å²) in [5, 5.41) is 5.72. The van der Waals surface area contributed by atoms with Crippen molar-refractivity contribution >= 4 is 11.8 Å². The fourth-order valence-corrected chi connectivity index (χ4v) is 4.30. The van der Waals surface area contributed by atoms with Crippen LogP contribution in [0.25, 0.3) is 0 Å². The Labute approximate surface area is 242 Å². The molecule has 0 unspecified atom stereocenters. The molecule has 0 saturated carbocycles. The van der Waals surface area contributed by atoms with E-state index in [4.69, 9.17) is 0 Å². The average Bonchev–Trinajstić information content (AvgIpc) is 3.50. The number of hydrogen-bond acceptors (Lipinski definition) is 4. The van der Waals surface area contributed by atoms with Crippen molar-refractivity contribution in [2.75, 3.05) is 32.7 Å². The first-order valence-electron chi connectivity index (χ1n) is 15.2. The first-order chi connectivity index (χ1) is 19.7. The zero-order chi connectivity index (χ0) is 28.5. The molecule has 1 saturated heterocycles. The van der Waals surface area contributed by atoms with E-state index in [1.807, 2.05) is 12.1 Å². The predicted molar refractivity (Wildman–Crippen MR) is 167 cm³/mol. The number of likely N-dealkylation sites (tertiary alicyclic amines) is 1. The van der Waals surface area contributed by atoms with E-state index in [-0.39, 0.29) is 11.8 Å². The van der Waals surface area contributed by atoms with Crippen LogP contribution < -0.4 is 10.6 Å². The molecule has 1 aliphatic heterocycles. The van der Waals surface area contributed by atoms with Gasteiger partial charge in [0.1, 0.15) is 0 Å². The number of amides is 2. The van der Waals surface area contributed by atoms with Crippen molar-refractivity contribution < 1.29 is 9.59 Å². The molecule has 0 radical (unpaired) electrons. The molecule has 0 atom stereocenters. The smallest absolute Gasteiger partial charge is 0.252 e. The molecular formula is C34H50N4O2. The fourth-order valence-electron chi connectivity index (χ4n) is 4.30. The van der Waals surface area contributed by atoms with Gasteiger partial charge in [-0.25, -0.2) is 0 Å². The summed E-state index contributed by atoms with van der Waals surface area (Å²) in [7, 11) is 0. The van der Waals surface area contributed by atoms with Crippen LogP contribution in [0.5, 0.6) is 0 Å². The van der Waals surface area contributed by atoms with Crippen molar-refractivity contribution in [3.63, 3.8) is 0 Å². The van der Waals surface area contributed by atoms with Gasteiger partial charge < -0.3 is 15.5 Å². The normalized spacial score (nSPS) is 14.5. The Morgan fingerprint density at radius 3 is 2.02 bits per heavy atom. The van der Waals surface area contributed by atoms with E-state index in [0.29, 0.717) is 25.1 Å². The highest BCUT2D eigenvalue weighted by atomic mass is 16.2. The molecule has 218 valence electrons. The molecule has 0 bridgehead atoms. The quantitative estimate of drug-likeness (QED) is 0.145. The van der Waals surface area contributed by atoms with Crippen LogP contribution in [0.1, 0.15) is 87.2 Å². The molecular weight excluding hydrogens is 496 g/mol. The van der Waals surface area contributed by atoms with Gasteiger partial charge in [0.25, 0.3) is 5.91 Å². The lowest BCUT2D eigenvalue weighted by molar-refractivity contribution is -0.121. The summed E-state index contributed by atoms with van der Waals surface area (Å²) in [5.74, 6) is -0.142. The number of pyridine rings is 1. The third-order valence-electron chi connectivity index (χ3n) is 6.63. The van der Waals surface area contributed by atoms with Gasteiger partial charge in [0.15, 0.2) is 0 Å². The van der Waals surface area contributed by atoms with Gasteiger partial charge in [0.2, 0.25) is 5.91 Å². The highest BCUT2D eigenvalue weighted by Crippen LogP contribution is 2.09. The molecule has 2 rings (SSSR count). The molecule has 2 heterocycles. The lowest BCUT2D eigenvalue weighted by Gasteiger charge is -2.13. The number of carbonyl (C=O) groups excluding carboxylic acids is 2. The number of allylic oxidation sites excluding steroid dienone is 10. The standard InChI is InChI=1S/C34H50N4O2/c1-2-3-4-5-6-7-8-9-10-11-12-13-14-15-16-17-18-21-33(39)35-25-26-36-34(40)31-22-23-32(37-30-31)24-29-38-27-19-20-28-38/h3-4,6-7,9-10,12-13,15-16,22-23,30H,2,5,8,11,14,17-21,24-29H2,1H3,(H,35,39)(H,36,40). The molecule has 2 N–H and O–H groups in total. The van der Waals surface area contributed by atoms with E-state index in [1.165, 1.54) is 25.9 Å². The van der Waals surface area contributed by atoms with Crippen LogP contribution >= 0.6 is 0 Å². The Hall–Kier alpha value is -3.25. The molecule has 2 amide bonds. The minimum absolute atomic E-state index is 0.0191. The third kappa shape index (κ3) is 16.7. The average molecular weight is 547 g/mol. The molecule has 0 aliphatic carbocycles. The summed E-state index contributed by atoms with van der Waals surface area (Å²) in [6, 6.07) is 3.76. The number of unbranched alkanes of at least 4 members (excludes halogenated alkanes) is 1. The maximum atomic E-state index is 12.3. The van der Waals surface area contributed by atoms with Gasteiger partial charge in [0.05, 0.1) is 5.56 Å². The Balaban J connectivity index is 1.43. The molecule has 0 aromatic carbocycles. The second-order valence-corrected chi connectivity index (χ2v) is 10.0. The predicted octanol–water partition coefficient (Wildman–Crippen LogP) is 6.49. The van der Waals surface area contributed by atoms with Crippen molar-refractivity contribution in [2.24, 2.45) is 0 Å². The number of carbonyl (C=O) groups is 2. The minimum atomic E-state index is -0.161. The topological polar surface area (TPSA) is 74.3 Å². The van der Waals surface area contributed by atoms with Crippen molar-refractivity contribution in [2.45, 2.75) is 77.6 Å². The van der Waals surface area contributed by atoms with Gasteiger partial charge in [-0.15, -0.1) is 0 Å². The van der Waals surface area contributed by atoms with E-state index in [0.717, 1.165) is 63.6 Å². The number of nitrogens with zero attached hydrogens (tertiary/aromatic N) is 2. The van der Waals surface area contributed by atoms with Crippen molar-refractivity contribution in [1.82, 2.24) is 20.5 Å². The Kier molecular flexibility index (Phi) is 18.6. The van der Waals surface area contributed by atoms with Crippen molar-refractivity contribution in [3.05, 3.63) is 90.3 Å². The summed E-state index contributed by atoms with van der Waals surface area (Å²) in [4.78, 5) is 31.2. The zero-order valence-corrected chi connectivity index (χ0v) is 24.5. The van der Waals surface area contributed by atoms with E-state index in [2.05, 4.69) is 88.2 Å². The fraction of sp³-hybridized carbons (Fsp3) is 0.500. The van der Waals surface area contributed by atoms with Crippen LogP contribution in [0.3, 0.4) is 0 Å². The molecule has 1 aromatic heterocycles. The first kappa shape index (κ1) is 33.0. The molecule has 0 spiro atoms. The summed E-state index contributed by atoms with van der Waals surface area (Å²) in [5.41, 5.74) is 1.56. The second kappa shape index (κ2) is 22.6. The summed E-state index contributed by atoms with van der Waals surface area (Å²) in [6.45, 7) is 6.36. The second-order valence-electron chi connectivity index (χ2n) is 10.0. The first-order valence-corrected chi connectivity index (χ1v) is 15.2. The van der Waals surface area contributed by atoms with Gasteiger partial charge in [0, 0.05) is 44.4 Å². The number of rotatable bonds is 20. The van der Waals surface area contributed by atoms with Crippen LogP contribution in [0.2, 0.25) is 0 Å². The third-order valence-corrected chi connectivity index (χ3v) is 6.63. The highest BCUT2D eigenvalue weighted by molar-refractivity contribution is 5.93. The molecule has 1 aliphatic rings. The van der Waals surface area contributed by atoms with E-state index < -0.39 is 0 Å². The SMILES string of the molecule is CCC=CCC=CCC=CCC=CCC=CCCCC(=O)NCCNC(=O)c1ccc(CCN2CCCC2)nc1. The highest BCUT2D eigenvalue weighted by Gasteiger charge is 2.12. The van der Waals surface area contributed by atoms with Crippen LogP contribution in [0.4, 0.5) is 0 Å². The molecule has 1 aromatic rings. The Morgan fingerprint density at radius 1 is 0.825 bits per heavy atom. The maximum Gasteiger partial charge on any atom is 0.252 e. The van der Waals surface area contributed by atoms with Crippen LogP contribution in [-0.4, -0.2) is 54.4 Å². The van der Waals surface area contributed by atoms with Crippen molar-refractivity contribution in [3.8, 4) is 0 Å². The van der Waals surface area contributed by atoms with Gasteiger partial charge in [-0.2, -0.15) is 0 Å². The lowest BCUT2D eigenvalue weighted by atomic mass is 10.2. The van der Waals surface area contributed by atoms with Crippen LogP contribution in [0.15, 0.2) is 79.1 Å². The van der Waals surface area contributed by atoms with Crippen LogP contribution in [-0.2, 0) is 11.2 Å². The van der Waals surface area contributed by atoms with Gasteiger partial charge >= 0.3 is 0 Å². The minimum Gasteiger partial charge on any atom is -0.354 e. The van der Waals surface area contributed by atoms with Crippen molar-refractivity contribution in [1.29, 1.82) is 0 Å². The van der Waals surface area contributed by atoms with Crippen LogP contribution in [0, 0.1) is 0 Å². The lowest BCUT2D eigenvalue weighted by Crippen LogP contribution is -2.34. The maximum absolute atomic E-state index is 12.3. The molecule has 40 heavy (non-hydrogen) atoms. The van der Waals surface area contributed by atoms with E-state index in [1.54, 1.807) is 6.20 Å². The Bertz CT molecular complexity index is 970. The summed E-state index contributed by atoms with van der Waals surface area (Å²) in [6.07, 6.45) is 34.1. The van der Waals surface area contributed by atoms with Gasteiger partial charge in [-0.05, 0) is 83.0 Å². The number of aromatic nitrogens is 1. The molecule has 6 heteroatoms. The molecule has 6 nitrogen and oxygen atoms in total. The summed E-state index contributed by atoms with van der Waals surface area (Å²) < 4.78 is 0. The largest absolute Gasteiger partial charge is 0.354 e. The number of hydrogen-bond donors (Lipinski definition) is 2. The number of nitrogens with one attached hydrogen (secondary N) is 2. The Morgan fingerprint density at radius 2 is 1.43 bits per heavy atom. The van der Waals surface area contributed by atoms with Gasteiger partial charge in [-0.3, -0.25) is 14.6 Å². The zero-order valence-electron chi connectivity index (χ0n) is 24.5. The van der Waals surface area contributed by atoms with E-state index in [9.17, 15) is 9.59 Å². The monoisotopic (exact) mass is 546 g/mol. The van der Waals surface area contributed by atoms with E-state index >= 15 is 0 Å².